The molecule has 1 heterocycles. The van der Waals surface area contributed by atoms with Crippen LogP contribution in [0.3, 0.4) is 0 Å². The van der Waals surface area contributed by atoms with Gasteiger partial charge in [0.25, 0.3) is 5.91 Å². The van der Waals surface area contributed by atoms with Crippen molar-refractivity contribution in [2.24, 2.45) is 0 Å². The minimum atomic E-state index is -0.982. The molecule has 3 aromatic rings. The molecule has 1 saturated carbocycles. The Bertz CT molecular complexity index is 1320. The van der Waals surface area contributed by atoms with Gasteiger partial charge < -0.3 is 29.3 Å². The number of carbonyl (C=O) groups is 2. The molecule has 1 aliphatic heterocycles. The SMILES string of the molecule is COc1ccc2c(c1OCc1ccccc1)C[C@H](CC(=O)O)N(C(=O)C(O[C@H]1CC[C@H](O)CC1)c1ccccc1)C2. The van der Waals surface area contributed by atoms with Gasteiger partial charge in [0.15, 0.2) is 17.6 Å². The van der Waals surface area contributed by atoms with Gasteiger partial charge in [-0.05, 0) is 54.9 Å². The number of aliphatic hydroxyl groups excluding tert-OH is 1. The summed E-state index contributed by atoms with van der Waals surface area (Å²) in [5.74, 6) is -0.0994. The molecular formula is C33H37NO7. The van der Waals surface area contributed by atoms with Crippen LogP contribution in [0, 0.1) is 0 Å². The van der Waals surface area contributed by atoms with Crippen LogP contribution in [-0.2, 0) is 33.9 Å². The molecule has 1 fully saturated rings. The third kappa shape index (κ3) is 6.89. The van der Waals surface area contributed by atoms with E-state index in [2.05, 4.69) is 0 Å². The number of fused-ring (bicyclic) bond motifs is 1. The molecule has 0 radical (unpaired) electrons. The van der Waals surface area contributed by atoms with Gasteiger partial charge in [0, 0.05) is 18.2 Å². The summed E-state index contributed by atoms with van der Waals surface area (Å²) in [6, 6.07) is 22.3. The second kappa shape index (κ2) is 13.2. The molecular weight excluding hydrogens is 522 g/mol. The average molecular weight is 560 g/mol. The lowest BCUT2D eigenvalue weighted by atomic mass is 9.90. The van der Waals surface area contributed by atoms with Crippen LogP contribution < -0.4 is 9.47 Å². The zero-order chi connectivity index (χ0) is 28.8. The van der Waals surface area contributed by atoms with Crippen molar-refractivity contribution < 1.29 is 34.0 Å². The number of carbonyl (C=O) groups excluding carboxylic acids is 1. The van der Waals surface area contributed by atoms with Gasteiger partial charge in [-0.25, -0.2) is 0 Å². The van der Waals surface area contributed by atoms with Crippen LogP contribution in [-0.4, -0.2) is 52.3 Å². The van der Waals surface area contributed by atoms with E-state index in [4.69, 9.17) is 14.2 Å². The third-order valence-corrected chi connectivity index (χ3v) is 7.98. The molecule has 1 unspecified atom stereocenters. The quantitative estimate of drug-likeness (QED) is 0.358. The van der Waals surface area contributed by atoms with Crippen LogP contribution in [0.15, 0.2) is 72.8 Å². The second-order valence-corrected chi connectivity index (χ2v) is 10.8. The summed E-state index contributed by atoms with van der Waals surface area (Å²) in [6.45, 7) is 0.563. The number of aliphatic hydroxyl groups is 1. The summed E-state index contributed by atoms with van der Waals surface area (Å²) in [7, 11) is 1.58. The fourth-order valence-corrected chi connectivity index (χ4v) is 5.80. The summed E-state index contributed by atoms with van der Waals surface area (Å²) < 4.78 is 18.3. The van der Waals surface area contributed by atoms with E-state index in [1.54, 1.807) is 12.0 Å². The van der Waals surface area contributed by atoms with E-state index >= 15 is 0 Å². The Morgan fingerprint density at radius 2 is 1.63 bits per heavy atom. The molecule has 216 valence electrons. The van der Waals surface area contributed by atoms with Crippen molar-refractivity contribution in [3.8, 4) is 11.5 Å². The molecule has 2 aliphatic rings. The number of benzene rings is 3. The molecule has 2 atom stereocenters. The van der Waals surface area contributed by atoms with Crippen molar-refractivity contribution >= 4 is 11.9 Å². The lowest BCUT2D eigenvalue weighted by Crippen LogP contribution is -2.48. The standard InChI is InChI=1S/C33H37NO7/c1-39-29-17-12-24-20-34(25(19-30(36)37)18-28(24)32(29)40-21-22-8-4-2-5-9-22)33(38)31(23-10-6-3-7-11-23)41-27-15-13-26(35)14-16-27/h2-12,17,25-27,31,35H,13-16,18-21H2,1H3,(H,36,37)/t25-,26-,27-,31?/m1/s1. The number of aliphatic carboxylic acids is 1. The second-order valence-electron chi connectivity index (χ2n) is 10.8. The van der Waals surface area contributed by atoms with Gasteiger partial charge in [-0.1, -0.05) is 66.7 Å². The van der Waals surface area contributed by atoms with Crippen LogP contribution in [0.2, 0.25) is 0 Å². The fraction of sp³-hybridized carbons (Fsp3) is 0.394. The Hall–Kier alpha value is -3.88. The maximum atomic E-state index is 14.3. The summed E-state index contributed by atoms with van der Waals surface area (Å²) in [4.78, 5) is 27.9. The van der Waals surface area contributed by atoms with E-state index < -0.39 is 18.1 Å². The molecule has 8 heteroatoms. The smallest absolute Gasteiger partial charge is 0.305 e. The number of nitrogens with zero attached hydrogens (tertiary/aromatic N) is 1. The van der Waals surface area contributed by atoms with Crippen molar-refractivity contribution in [1.82, 2.24) is 4.90 Å². The zero-order valence-corrected chi connectivity index (χ0v) is 23.3. The van der Waals surface area contributed by atoms with E-state index in [0.717, 1.165) is 22.3 Å². The third-order valence-electron chi connectivity index (χ3n) is 7.98. The van der Waals surface area contributed by atoms with E-state index in [-0.39, 0.29) is 31.1 Å². The summed E-state index contributed by atoms with van der Waals surface area (Å²) >= 11 is 0. The van der Waals surface area contributed by atoms with Crippen molar-refractivity contribution in [1.29, 1.82) is 0 Å². The molecule has 8 nitrogen and oxygen atoms in total. The van der Waals surface area contributed by atoms with E-state index in [0.29, 0.717) is 50.2 Å². The number of carboxylic acids is 1. The Kier molecular flexibility index (Phi) is 9.21. The molecule has 0 bridgehead atoms. The molecule has 1 aliphatic carbocycles. The molecule has 2 N–H and O–H groups in total. The first-order valence-corrected chi connectivity index (χ1v) is 14.2. The predicted octanol–water partition coefficient (Wildman–Crippen LogP) is 5.06. The first-order valence-electron chi connectivity index (χ1n) is 14.2. The number of rotatable bonds is 10. The molecule has 41 heavy (non-hydrogen) atoms. The van der Waals surface area contributed by atoms with E-state index in [1.165, 1.54) is 0 Å². The molecule has 1 amide bonds. The zero-order valence-electron chi connectivity index (χ0n) is 23.3. The van der Waals surface area contributed by atoms with Gasteiger partial charge in [-0.3, -0.25) is 9.59 Å². The molecule has 3 aromatic carbocycles. The van der Waals surface area contributed by atoms with Gasteiger partial charge in [0.05, 0.1) is 25.7 Å². The summed E-state index contributed by atoms with van der Waals surface area (Å²) in [5, 5.41) is 19.8. The average Bonchev–Trinajstić information content (AvgIpc) is 2.99. The number of hydrogen-bond donors (Lipinski definition) is 2. The van der Waals surface area contributed by atoms with Crippen LogP contribution in [0.1, 0.15) is 60.5 Å². The number of amides is 1. The summed E-state index contributed by atoms with van der Waals surface area (Å²) in [6.07, 6.45) is 1.33. The number of carboxylic acid groups (broad SMARTS) is 1. The van der Waals surface area contributed by atoms with Crippen molar-refractivity contribution in [3.63, 3.8) is 0 Å². The first kappa shape index (κ1) is 28.6. The maximum Gasteiger partial charge on any atom is 0.305 e. The van der Waals surface area contributed by atoms with Crippen LogP contribution in [0.25, 0.3) is 0 Å². The normalized spacial score (nSPS) is 21.0. The van der Waals surface area contributed by atoms with Crippen LogP contribution in [0.4, 0.5) is 0 Å². The van der Waals surface area contributed by atoms with Gasteiger partial charge in [-0.15, -0.1) is 0 Å². The highest BCUT2D eigenvalue weighted by molar-refractivity contribution is 5.84. The largest absolute Gasteiger partial charge is 0.493 e. The Balaban J connectivity index is 1.45. The van der Waals surface area contributed by atoms with Crippen molar-refractivity contribution in [3.05, 3.63) is 95.1 Å². The Labute approximate surface area is 240 Å². The molecule has 0 spiro atoms. The highest BCUT2D eigenvalue weighted by Gasteiger charge is 2.39. The fourth-order valence-electron chi connectivity index (χ4n) is 5.80. The first-order chi connectivity index (χ1) is 19.9. The maximum absolute atomic E-state index is 14.3. The van der Waals surface area contributed by atoms with Gasteiger partial charge in [0.2, 0.25) is 0 Å². The Morgan fingerprint density at radius 1 is 0.951 bits per heavy atom. The topological polar surface area (TPSA) is 106 Å². The lowest BCUT2D eigenvalue weighted by Gasteiger charge is -2.40. The van der Waals surface area contributed by atoms with Gasteiger partial charge in [0.1, 0.15) is 6.61 Å². The molecule has 0 saturated heterocycles. The van der Waals surface area contributed by atoms with Crippen molar-refractivity contribution in [2.45, 2.75) is 76.0 Å². The predicted molar refractivity (Wildman–Crippen MR) is 153 cm³/mol. The minimum Gasteiger partial charge on any atom is -0.493 e. The van der Waals surface area contributed by atoms with Crippen molar-refractivity contribution in [2.75, 3.05) is 7.11 Å². The monoisotopic (exact) mass is 559 g/mol. The highest BCUT2D eigenvalue weighted by Crippen LogP contribution is 2.40. The Morgan fingerprint density at radius 3 is 2.29 bits per heavy atom. The number of ether oxygens (including phenoxy) is 3. The molecule has 0 aromatic heterocycles. The van der Waals surface area contributed by atoms with Crippen LogP contribution in [0.5, 0.6) is 11.5 Å². The van der Waals surface area contributed by atoms with E-state index in [1.807, 2.05) is 72.8 Å². The van der Waals surface area contributed by atoms with Gasteiger partial charge in [-0.2, -0.15) is 0 Å². The van der Waals surface area contributed by atoms with E-state index in [9.17, 15) is 19.8 Å². The summed E-state index contributed by atoms with van der Waals surface area (Å²) in [5.41, 5.74) is 3.47. The lowest BCUT2D eigenvalue weighted by molar-refractivity contribution is -0.155. The number of methoxy groups -OCH3 is 1. The minimum absolute atomic E-state index is 0.162. The molecule has 5 rings (SSSR count). The number of hydrogen-bond acceptors (Lipinski definition) is 6. The van der Waals surface area contributed by atoms with Gasteiger partial charge >= 0.3 is 5.97 Å². The van der Waals surface area contributed by atoms with Crippen LogP contribution >= 0.6 is 0 Å². The highest BCUT2D eigenvalue weighted by atomic mass is 16.5.